The Morgan fingerprint density at radius 3 is 2.23 bits per heavy atom. The molecule has 0 bridgehead atoms. The molecule has 1 unspecified atom stereocenters. The average molecular weight is 438 g/mol. The Bertz CT molecular complexity index is 705. The van der Waals surface area contributed by atoms with Crippen LogP contribution in [0, 0.1) is 10.8 Å². The molecule has 0 radical (unpaired) electrons. The Morgan fingerprint density at radius 1 is 0.935 bits per heavy atom. The van der Waals surface area contributed by atoms with E-state index in [1.54, 1.807) is 39.1 Å². The van der Waals surface area contributed by atoms with E-state index in [9.17, 15) is 14.4 Å². The van der Waals surface area contributed by atoms with Gasteiger partial charge in [-0.15, -0.1) is 0 Å². The predicted octanol–water partition coefficient (Wildman–Crippen LogP) is 3.58. The molecule has 0 aromatic carbocycles. The zero-order valence-corrected chi connectivity index (χ0v) is 19.3. The van der Waals surface area contributed by atoms with Crippen molar-refractivity contribution in [2.24, 2.45) is 10.8 Å². The molecule has 8 nitrogen and oxygen atoms in total. The number of carbonyl (C=O) groups excluding carboxylic acids is 3. The lowest BCUT2D eigenvalue weighted by Gasteiger charge is -2.33. The van der Waals surface area contributed by atoms with Crippen molar-refractivity contribution in [3.05, 3.63) is 30.1 Å². The number of hydrogen-bond acceptors (Lipinski definition) is 8. The second-order valence-corrected chi connectivity index (χ2v) is 8.17. The van der Waals surface area contributed by atoms with E-state index in [0.717, 1.165) is 0 Å². The number of nitrogens with zero attached hydrogens (tertiary/aromatic N) is 1. The summed E-state index contributed by atoms with van der Waals surface area (Å²) in [5, 5.41) is 0. The number of aromatic nitrogens is 1. The molecule has 0 aliphatic rings. The highest BCUT2D eigenvalue weighted by molar-refractivity contribution is 5.88. The Balaban J connectivity index is 2.45. The van der Waals surface area contributed by atoms with Crippen LogP contribution in [0.1, 0.15) is 64.2 Å². The number of rotatable bonds is 14. The van der Waals surface area contributed by atoms with Crippen molar-refractivity contribution in [3.63, 3.8) is 0 Å². The van der Waals surface area contributed by atoms with E-state index in [4.69, 9.17) is 18.9 Å². The first-order valence-electron chi connectivity index (χ1n) is 10.7. The third kappa shape index (κ3) is 9.04. The van der Waals surface area contributed by atoms with Crippen LogP contribution < -0.4 is 0 Å². The minimum atomic E-state index is -0.852. The van der Waals surface area contributed by atoms with Gasteiger partial charge in [-0.05, 0) is 52.7 Å². The Hall–Kier alpha value is -2.48. The first-order valence-corrected chi connectivity index (χ1v) is 10.7. The average Bonchev–Trinajstić information content (AvgIpc) is 2.76. The molecular formula is C23H35NO7. The van der Waals surface area contributed by atoms with Gasteiger partial charge in [0.2, 0.25) is 0 Å². The van der Waals surface area contributed by atoms with Crippen LogP contribution in [-0.4, -0.2) is 55.9 Å². The first-order chi connectivity index (χ1) is 14.7. The summed E-state index contributed by atoms with van der Waals surface area (Å²) >= 11 is 0. The molecule has 0 amide bonds. The standard InChI is InChI=1S/C23H35NO7/c1-6-23(5,17-22(3,4)20(26)31-15-14-28-7-2)21(27)30-13-9-12-29-19(25)18-10-8-11-24-16-18/h8,10-11,16H,6-7,9,12-15,17H2,1-5H3. The molecule has 1 atom stereocenters. The van der Waals surface area contributed by atoms with Crippen LogP contribution in [0.5, 0.6) is 0 Å². The third-order valence-electron chi connectivity index (χ3n) is 4.98. The summed E-state index contributed by atoms with van der Waals surface area (Å²) in [6.45, 7) is 10.4. The molecule has 174 valence electrons. The van der Waals surface area contributed by atoms with Gasteiger partial charge in [0.25, 0.3) is 0 Å². The monoisotopic (exact) mass is 437 g/mol. The van der Waals surface area contributed by atoms with Gasteiger partial charge in [-0.2, -0.15) is 0 Å². The van der Waals surface area contributed by atoms with Crippen molar-refractivity contribution in [1.29, 1.82) is 0 Å². The molecule has 0 saturated carbocycles. The van der Waals surface area contributed by atoms with Gasteiger partial charge in [0, 0.05) is 25.4 Å². The lowest BCUT2D eigenvalue weighted by atomic mass is 9.72. The number of hydrogen-bond donors (Lipinski definition) is 0. The van der Waals surface area contributed by atoms with Crippen molar-refractivity contribution in [3.8, 4) is 0 Å². The molecule has 0 saturated heterocycles. The fourth-order valence-corrected chi connectivity index (χ4v) is 3.05. The SMILES string of the molecule is CCOCCOC(=O)C(C)(C)CC(C)(CC)C(=O)OCCCOC(=O)c1cccnc1. The predicted molar refractivity (Wildman–Crippen MR) is 114 cm³/mol. The zero-order chi connectivity index (χ0) is 23.3. The Kier molecular flexibility index (Phi) is 11.2. The van der Waals surface area contributed by atoms with E-state index in [1.165, 1.54) is 6.20 Å². The zero-order valence-electron chi connectivity index (χ0n) is 19.3. The fourth-order valence-electron chi connectivity index (χ4n) is 3.05. The molecule has 1 rings (SSSR count). The summed E-state index contributed by atoms with van der Waals surface area (Å²) in [7, 11) is 0. The van der Waals surface area contributed by atoms with Crippen molar-refractivity contribution in [1.82, 2.24) is 4.98 Å². The first kappa shape index (κ1) is 26.6. The quantitative estimate of drug-likeness (QED) is 0.247. The summed E-state index contributed by atoms with van der Waals surface area (Å²) < 4.78 is 21.0. The summed E-state index contributed by atoms with van der Waals surface area (Å²) in [5.74, 6) is -1.23. The largest absolute Gasteiger partial charge is 0.465 e. The van der Waals surface area contributed by atoms with Crippen LogP contribution in [0.3, 0.4) is 0 Å². The minimum absolute atomic E-state index is 0.119. The topological polar surface area (TPSA) is 101 Å². The van der Waals surface area contributed by atoms with Crippen LogP contribution in [0.4, 0.5) is 0 Å². The van der Waals surface area contributed by atoms with Gasteiger partial charge in [-0.3, -0.25) is 14.6 Å². The van der Waals surface area contributed by atoms with E-state index in [1.807, 2.05) is 13.8 Å². The van der Waals surface area contributed by atoms with Gasteiger partial charge in [-0.1, -0.05) is 6.92 Å². The summed E-state index contributed by atoms with van der Waals surface area (Å²) in [5.41, 5.74) is -1.32. The van der Waals surface area contributed by atoms with Crippen LogP contribution >= 0.6 is 0 Å². The molecule has 0 aliphatic heterocycles. The van der Waals surface area contributed by atoms with E-state index in [-0.39, 0.29) is 31.8 Å². The molecule has 31 heavy (non-hydrogen) atoms. The van der Waals surface area contributed by atoms with E-state index >= 15 is 0 Å². The highest BCUT2D eigenvalue weighted by atomic mass is 16.6. The maximum atomic E-state index is 12.7. The molecule has 0 fully saturated rings. The molecule has 1 aromatic rings. The van der Waals surface area contributed by atoms with Crippen molar-refractivity contribution < 1.29 is 33.3 Å². The highest BCUT2D eigenvalue weighted by Crippen LogP contribution is 2.38. The van der Waals surface area contributed by atoms with E-state index < -0.39 is 16.8 Å². The second kappa shape index (κ2) is 13.0. The molecule has 0 spiro atoms. The maximum Gasteiger partial charge on any atom is 0.339 e. The number of esters is 3. The van der Waals surface area contributed by atoms with Gasteiger partial charge in [0.05, 0.1) is 36.2 Å². The fraction of sp³-hybridized carbons (Fsp3) is 0.652. The summed E-state index contributed by atoms with van der Waals surface area (Å²) in [4.78, 5) is 40.9. The molecule has 0 aliphatic carbocycles. The number of pyridine rings is 1. The van der Waals surface area contributed by atoms with Crippen molar-refractivity contribution in [2.45, 2.75) is 53.9 Å². The van der Waals surface area contributed by atoms with E-state index in [2.05, 4.69) is 4.98 Å². The maximum absolute atomic E-state index is 12.7. The van der Waals surface area contributed by atoms with Gasteiger partial charge in [0.1, 0.15) is 6.61 Å². The molecular weight excluding hydrogens is 402 g/mol. The van der Waals surface area contributed by atoms with E-state index in [0.29, 0.717) is 38.0 Å². The lowest BCUT2D eigenvalue weighted by molar-refractivity contribution is -0.164. The molecule has 0 N–H and O–H groups in total. The number of carbonyl (C=O) groups is 3. The highest BCUT2D eigenvalue weighted by Gasteiger charge is 2.42. The normalized spacial score (nSPS) is 13.2. The van der Waals surface area contributed by atoms with Crippen LogP contribution in [-0.2, 0) is 28.5 Å². The van der Waals surface area contributed by atoms with Gasteiger partial charge in [0.15, 0.2) is 0 Å². The summed E-state index contributed by atoms with van der Waals surface area (Å²) in [6.07, 6.45) is 4.18. The minimum Gasteiger partial charge on any atom is -0.465 e. The summed E-state index contributed by atoms with van der Waals surface area (Å²) in [6, 6.07) is 3.27. The third-order valence-corrected chi connectivity index (χ3v) is 4.98. The molecule has 1 heterocycles. The van der Waals surface area contributed by atoms with Crippen LogP contribution in [0.2, 0.25) is 0 Å². The Morgan fingerprint density at radius 2 is 1.61 bits per heavy atom. The number of ether oxygens (including phenoxy) is 4. The van der Waals surface area contributed by atoms with Crippen LogP contribution in [0.25, 0.3) is 0 Å². The lowest BCUT2D eigenvalue weighted by Crippen LogP contribution is -2.39. The van der Waals surface area contributed by atoms with Crippen molar-refractivity contribution >= 4 is 17.9 Å². The van der Waals surface area contributed by atoms with Crippen LogP contribution in [0.15, 0.2) is 24.5 Å². The molecule has 1 aromatic heterocycles. The van der Waals surface area contributed by atoms with Crippen molar-refractivity contribution in [2.75, 3.05) is 33.0 Å². The second-order valence-electron chi connectivity index (χ2n) is 8.17. The smallest absolute Gasteiger partial charge is 0.339 e. The Labute approximate surface area is 184 Å². The van der Waals surface area contributed by atoms with Gasteiger partial charge < -0.3 is 18.9 Å². The van der Waals surface area contributed by atoms with Gasteiger partial charge >= 0.3 is 17.9 Å². The van der Waals surface area contributed by atoms with Gasteiger partial charge in [-0.25, -0.2) is 4.79 Å². The molecule has 8 heteroatoms.